The van der Waals surface area contributed by atoms with Gasteiger partial charge in [-0.15, -0.1) is 11.3 Å². The molecule has 1 aromatic heterocycles. The Kier molecular flexibility index (Phi) is 4.85. The van der Waals surface area contributed by atoms with Crippen LogP contribution in [0.2, 0.25) is 4.34 Å². The number of phenols is 1. The molecular formula is C13H11BrClNO2S. The van der Waals surface area contributed by atoms with Gasteiger partial charge in [-0.1, -0.05) is 27.5 Å². The Morgan fingerprint density at radius 2 is 2.16 bits per heavy atom. The van der Waals surface area contributed by atoms with E-state index >= 15 is 0 Å². The molecule has 2 N–H and O–H groups in total. The van der Waals surface area contributed by atoms with E-state index in [1.165, 1.54) is 17.4 Å². The molecular weight excluding hydrogens is 350 g/mol. The van der Waals surface area contributed by atoms with Crippen molar-refractivity contribution in [2.45, 2.75) is 6.42 Å². The van der Waals surface area contributed by atoms with Crippen molar-refractivity contribution in [2.75, 3.05) is 6.54 Å². The van der Waals surface area contributed by atoms with Gasteiger partial charge in [-0.2, -0.15) is 0 Å². The molecule has 0 aliphatic heterocycles. The fraction of sp³-hybridized carbons (Fsp3) is 0.154. The minimum atomic E-state index is -0.285. The minimum absolute atomic E-state index is 0.0361. The smallest absolute Gasteiger partial charge is 0.255 e. The first kappa shape index (κ1) is 14.4. The van der Waals surface area contributed by atoms with Crippen molar-refractivity contribution >= 4 is 44.8 Å². The zero-order valence-electron chi connectivity index (χ0n) is 9.82. The molecule has 0 radical (unpaired) electrons. The van der Waals surface area contributed by atoms with E-state index in [1.807, 2.05) is 12.1 Å². The molecule has 100 valence electrons. The number of carbonyl (C=O) groups is 1. The fourth-order valence-electron chi connectivity index (χ4n) is 1.58. The monoisotopic (exact) mass is 359 g/mol. The SMILES string of the molecule is O=C(NCCc1ccc(Cl)s1)c1ccc(Br)cc1O. The number of thiophene rings is 1. The van der Waals surface area contributed by atoms with Gasteiger partial charge in [0.2, 0.25) is 0 Å². The largest absolute Gasteiger partial charge is 0.507 e. The normalized spacial score (nSPS) is 10.4. The van der Waals surface area contributed by atoms with E-state index in [4.69, 9.17) is 11.6 Å². The average molecular weight is 361 g/mol. The Hall–Kier alpha value is -1.04. The summed E-state index contributed by atoms with van der Waals surface area (Å²) in [4.78, 5) is 13.0. The van der Waals surface area contributed by atoms with Crippen LogP contribution in [-0.4, -0.2) is 17.6 Å². The van der Waals surface area contributed by atoms with Gasteiger partial charge in [0, 0.05) is 15.9 Å². The number of halogens is 2. The van der Waals surface area contributed by atoms with Crippen LogP contribution in [0.1, 0.15) is 15.2 Å². The highest BCUT2D eigenvalue weighted by molar-refractivity contribution is 9.10. The van der Waals surface area contributed by atoms with Gasteiger partial charge in [0.25, 0.3) is 5.91 Å². The summed E-state index contributed by atoms with van der Waals surface area (Å²) in [5.41, 5.74) is 0.271. The van der Waals surface area contributed by atoms with Gasteiger partial charge < -0.3 is 10.4 Å². The first-order chi connectivity index (χ1) is 9.06. The van der Waals surface area contributed by atoms with E-state index < -0.39 is 0 Å². The molecule has 1 amide bonds. The zero-order chi connectivity index (χ0) is 13.8. The van der Waals surface area contributed by atoms with Gasteiger partial charge in [0.1, 0.15) is 5.75 Å². The van der Waals surface area contributed by atoms with Crippen molar-refractivity contribution in [2.24, 2.45) is 0 Å². The minimum Gasteiger partial charge on any atom is -0.507 e. The predicted octanol–water partition coefficient (Wildman–Crippen LogP) is 3.84. The second-order valence-electron chi connectivity index (χ2n) is 3.87. The third-order valence-electron chi connectivity index (χ3n) is 2.49. The van der Waals surface area contributed by atoms with E-state index in [1.54, 1.807) is 12.1 Å². The molecule has 0 bridgehead atoms. The van der Waals surface area contributed by atoms with Crippen LogP contribution >= 0.6 is 38.9 Å². The highest BCUT2D eigenvalue weighted by Crippen LogP contribution is 2.23. The lowest BCUT2D eigenvalue weighted by molar-refractivity contribution is 0.0951. The molecule has 0 spiro atoms. The molecule has 2 rings (SSSR count). The molecule has 0 atom stereocenters. The van der Waals surface area contributed by atoms with Gasteiger partial charge in [-0.05, 0) is 36.8 Å². The van der Waals surface area contributed by atoms with E-state index in [-0.39, 0.29) is 17.2 Å². The van der Waals surface area contributed by atoms with Crippen LogP contribution < -0.4 is 5.32 Å². The van der Waals surface area contributed by atoms with Crippen LogP contribution in [0.15, 0.2) is 34.8 Å². The summed E-state index contributed by atoms with van der Waals surface area (Å²) >= 11 is 10.6. The Labute approximate surface area is 128 Å². The number of hydrogen-bond donors (Lipinski definition) is 2. The summed E-state index contributed by atoms with van der Waals surface area (Å²) in [6.07, 6.45) is 0.723. The highest BCUT2D eigenvalue weighted by Gasteiger charge is 2.10. The molecule has 2 aromatic rings. The van der Waals surface area contributed by atoms with Crippen molar-refractivity contribution in [3.8, 4) is 5.75 Å². The molecule has 0 aliphatic carbocycles. The predicted molar refractivity (Wildman–Crippen MR) is 81.2 cm³/mol. The van der Waals surface area contributed by atoms with Gasteiger partial charge in [0.05, 0.1) is 9.90 Å². The summed E-state index contributed by atoms with van der Waals surface area (Å²) in [5, 5.41) is 12.4. The Morgan fingerprint density at radius 3 is 2.79 bits per heavy atom. The lowest BCUT2D eigenvalue weighted by Crippen LogP contribution is -2.25. The molecule has 0 aliphatic rings. The maximum Gasteiger partial charge on any atom is 0.255 e. The number of nitrogens with one attached hydrogen (secondary N) is 1. The lowest BCUT2D eigenvalue weighted by Gasteiger charge is -2.06. The maximum atomic E-state index is 11.9. The topological polar surface area (TPSA) is 49.3 Å². The van der Waals surface area contributed by atoms with Crippen LogP contribution in [-0.2, 0) is 6.42 Å². The third kappa shape index (κ3) is 3.96. The number of amides is 1. The number of hydrogen-bond acceptors (Lipinski definition) is 3. The second kappa shape index (κ2) is 6.41. The second-order valence-corrected chi connectivity index (χ2v) is 6.59. The van der Waals surface area contributed by atoms with Gasteiger partial charge >= 0.3 is 0 Å². The lowest BCUT2D eigenvalue weighted by atomic mass is 10.2. The summed E-state index contributed by atoms with van der Waals surface area (Å²) in [6.45, 7) is 0.505. The first-order valence-electron chi connectivity index (χ1n) is 5.57. The van der Waals surface area contributed by atoms with Crippen LogP contribution in [0.5, 0.6) is 5.75 Å². The van der Waals surface area contributed by atoms with Gasteiger partial charge in [-0.25, -0.2) is 0 Å². The number of carbonyl (C=O) groups excluding carboxylic acids is 1. The molecule has 0 saturated carbocycles. The van der Waals surface area contributed by atoms with Crippen LogP contribution in [0.3, 0.4) is 0 Å². The van der Waals surface area contributed by atoms with Crippen LogP contribution in [0.4, 0.5) is 0 Å². The number of phenolic OH excluding ortho intramolecular Hbond substituents is 1. The summed E-state index contributed by atoms with van der Waals surface area (Å²) in [7, 11) is 0. The Morgan fingerprint density at radius 1 is 1.37 bits per heavy atom. The molecule has 3 nitrogen and oxygen atoms in total. The van der Waals surface area contributed by atoms with Gasteiger partial charge in [-0.3, -0.25) is 4.79 Å². The molecule has 1 aromatic carbocycles. The molecule has 0 fully saturated rings. The number of benzene rings is 1. The molecule has 1 heterocycles. The fourth-order valence-corrected chi connectivity index (χ4v) is 3.01. The van der Waals surface area contributed by atoms with Crippen LogP contribution in [0.25, 0.3) is 0 Å². The van der Waals surface area contributed by atoms with E-state index in [0.717, 1.165) is 20.1 Å². The van der Waals surface area contributed by atoms with Crippen molar-refractivity contribution in [1.82, 2.24) is 5.32 Å². The summed E-state index contributed by atoms with van der Waals surface area (Å²) in [6, 6.07) is 8.57. The average Bonchev–Trinajstić information content (AvgIpc) is 2.75. The molecule has 19 heavy (non-hydrogen) atoms. The quantitative estimate of drug-likeness (QED) is 0.870. The summed E-state index contributed by atoms with van der Waals surface area (Å²) < 4.78 is 1.47. The molecule has 0 unspecified atom stereocenters. The zero-order valence-corrected chi connectivity index (χ0v) is 13.0. The molecule has 0 saturated heterocycles. The maximum absolute atomic E-state index is 11.9. The molecule has 6 heteroatoms. The van der Waals surface area contributed by atoms with Gasteiger partial charge in [0.15, 0.2) is 0 Å². The number of rotatable bonds is 4. The van der Waals surface area contributed by atoms with Crippen LogP contribution in [0, 0.1) is 0 Å². The van der Waals surface area contributed by atoms with Crippen molar-refractivity contribution in [3.05, 3.63) is 49.6 Å². The van der Waals surface area contributed by atoms with E-state index in [9.17, 15) is 9.90 Å². The Balaban J connectivity index is 1.90. The Bertz CT molecular complexity index is 600. The van der Waals surface area contributed by atoms with E-state index in [0.29, 0.717) is 6.54 Å². The highest BCUT2D eigenvalue weighted by atomic mass is 79.9. The van der Waals surface area contributed by atoms with E-state index in [2.05, 4.69) is 21.2 Å². The van der Waals surface area contributed by atoms with Crippen molar-refractivity contribution in [3.63, 3.8) is 0 Å². The first-order valence-corrected chi connectivity index (χ1v) is 7.56. The standard InChI is InChI=1S/C13H11BrClNO2S/c14-8-1-3-10(11(17)7-8)13(18)16-6-5-9-2-4-12(15)19-9/h1-4,7,17H,5-6H2,(H,16,18). The van der Waals surface area contributed by atoms with Crippen molar-refractivity contribution in [1.29, 1.82) is 0 Å². The summed E-state index contributed by atoms with van der Waals surface area (Å²) in [5.74, 6) is -0.321. The third-order valence-corrected chi connectivity index (χ3v) is 4.27. The van der Waals surface area contributed by atoms with Crippen molar-refractivity contribution < 1.29 is 9.90 Å². The number of aromatic hydroxyl groups is 1.